The first-order valence-electron chi connectivity index (χ1n) is 0.908. The second-order valence-electron chi connectivity index (χ2n) is 0.492. The van der Waals surface area contributed by atoms with Gasteiger partial charge in [0.15, 0.2) is 0 Å². The third kappa shape index (κ3) is 143000. The summed E-state index contributed by atoms with van der Waals surface area (Å²) in [6.45, 7) is 0.972. The van der Waals surface area contributed by atoms with E-state index in [4.69, 9.17) is 9.90 Å². The number of carbonyl (C=O) groups is 1. The fraction of sp³-hybridized carbons (Fsp3) is 0.500. The second-order valence-corrected chi connectivity index (χ2v) is 0.492. The van der Waals surface area contributed by atoms with E-state index in [0.717, 1.165) is 6.92 Å². The first-order valence-corrected chi connectivity index (χ1v) is 0.908. The molecule has 0 aliphatic heterocycles. The van der Waals surface area contributed by atoms with Crippen LogP contribution in [0.4, 0.5) is 0 Å². The molecule has 0 amide bonds. The van der Waals surface area contributed by atoms with Crippen LogP contribution in [0, 0.1) is 0 Å². The Kier molecular flexibility index (Phi) is 7.09. The number of aliphatic carboxylic acids is 1. The Morgan fingerprint density at radius 2 is 2.00 bits per heavy atom. The van der Waals surface area contributed by atoms with Gasteiger partial charge in [-0.1, -0.05) is 0 Å². The standard InChI is InChI=1S/C2H4O2.Cu.H2/c1-2(3)4;;/h1H3,(H,3,4);;1H/q;+1;/p-1. The Labute approximate surface area is 42.1 Å². The number of rotatable bonds is 0. The molecular weight excluding hydrogens is 120 g/mol. The van der Waals surface area contributed by atoms with Gasteiger partial charge in [-0.25, -0.2) is 0 Å². The molecule has 0 rings (SSSR count). The predicted octanol–water partition coefficient (Wildman–Crippen LogP) is -1.00. The Morgan fingerprint density at radius 1 is 2.00 bits per heavy atom. The minimum atomic E-state index is -1.08. The third-order valence-corrected chi connectivity index (χ3v) is 0. The predicted molar refractivity (Wildman–Crippen MR) is 12.8 cm³/mol. The Morgan fingerprint density at radius 3 is 2.00 bits per heavy atom. The molecule has 0 aromatic carbocycles. The van der Waals surface area contributed by atoms with Crippen LogP contribution in [0.2, 0.25) is 0 Å². The average Bonchev–Trinajstić information content (AvgIpc) is 0.811. The molecule has 0 radical (unpaired) electrons. The van der Waals surface area contributed by atoms with Crippen molar-refractivity contribution in [1.82, 2.24) is 0 Å². The van der Waals surface area contributed by atoms with Gasteiger partial charge in [0.05, 0.1) is 0 Å². The number of carboxylic acids is 1. The number of hydrogen-bond donors (Lipinski definition) is 0. The van der Waals surface area contributed by atoms with Gasteiger partial charge in [-0.2, -0.15) is 0 Å². The van der Waals surface area contributed by atoms with E-state index in [1.807, 2.05) is 0 Å². The molecule has 5 heavy (non-hydrogen) atoms. The molecule has 36 valence electrons. The molecular formula is C2H5CuO2. The number of carbonyl (C=O) groups excluding carboxylic acids is 1. The maximum Gasteiger partial charge on any atom is 1.00 e. The molecule has 3 heteroatoms. The van der Waals surface area contributed by atoms with Gasteiger partial charge in [-0.15, -0.1) is 0 Å². The van der Waals surface area contributed by atoms with Gasteiger partial charge in [0.2, 0.25) is 0 Å². The van der Waals surface area contributed by atoms with Crippen LogP contribution in [0.3, 0.4) is 0 Å². The molecule has 0 aliphatic carbocycles. The van der Waals surface area contributed by atoms with E-state index in [2.05, 4.69) is 0 Å². The molecule has 0 unspecified atom stereocenters. The van der Waals surface area contributed by atoms with Gasteiger partial charge in [-0.3, -0.25) is 0 Å². The summed E-state index contributed by atoms with van der Waals surface area (Å²) in [5.74, 6) is -1.08. The molecule has 0 heterocycles. The van der Waals surface area contributed by atoms with Crippen molar-refractivity contribution < 1.29 is 28.4 Å². The molecule has 0 fully saturated rings. The monoisotopic (exact) mass is 124 g/mol. The zero-order chi connectivity index (χ0) is 3.58. The molecule has 0 bridgehead atoms. The van der Waals surface area contributed by atoms with E-state index in [9.17, 15) is 0 Å². The minimum Gasteiger partial charge on any atom is -0.550 e. The molecule has 2 nitrogen and oxygen atoms in total. The first-order chi connectivity index (χ1) is 1.73. The van der Waals surface area contributed by atoms with Crippen molar-refractivity contribution in [1.29, 1.82) is 0 Å². The summed E-state index contributed by atoms with van der Waals surface area (Å²) in [5.41, 5.74) is 0. The minimum absolute atomic E-state index is 0. The van der Waals surface area contributed by atoms with Crippen molar-refractivity contribution in [2.45, 2.75) is 6.92 Å². The third-order valence-electron chi connectivity index (χ3n) is 0. The topological polar surface area (TPSA) is 40.1 Å². The zero-order valence-corrected chi connectivity index (χ0v) is 3.56. The van der Waals surface area contributed by atoms with E-state index in [0.29, 0.717) is 0 Å². The van der Waals surface area contributed by atoms with Crippen LogP contribution in [0.5, 0.6) is 0 Å². The number of hydrogen-bond acceptors (Lipinski definition) is 2. The van der Waals surface area contributed by atoms with Gasteiger partial charge in [0, 0.05) is 7.40 Å². The van der Waals surface area contributed by atoms with Crippen LogP contribution in [0.15, 0.2) is 0 Å². The van der Waals surface area contributed by atoms with E-state index < -0.39 is 5.97 Å². The second kappa shape index (κ2) is 3.99. The van der Waals surface area contributed by atoms with E-state index in [1.54, 1.807) is 0 Å². The van der Waals surface area contributed by atoms with Crippen LogP contribution in [0.1, 0.15) is 8.35 Å². The molecule has 0 saturated carbocycles. The Bertz CT molecular complexity index is 34.5. The molecule has 0 atom stereocenters. The fourth-order valence-electron chi connectivity index (χ4n) is 0. The SMILES string of the molecule is CC(=O)[O-].[Cu+].[HH]. The quantitative estimate of drug-likeness (QED) is 0.389. The van der Waals surface area contributed by atoms with Gasteiger partial charge < -0.3 is 9.90 Å². The largest absolute Gasteiger partial charge is 1.00 e. The zero-order valence-electron chi connectivity index (χ0n) is 2.62. The van der Waals surface area contributed by atoms with Crippen molar-refractivity contribution in [3.63, 3.8) is 0 Å². The van der Waals surface area contributed by atoms with Crippen molar-refractivity contribution in [3.8, 4) is 0 Å². The van der Waals surface area contributed by atoms with Crippen LogP contribution in [-0.2, 0) is 21.9 Å². The summed E-state index contributed by atoms with van der Waals surface area (Å²) in [6.07, 6.45) is 0. The summed E-state index contributed by atoms with van der Waals surface area (Å²) in [6, 6.07) is 0. The Hall–Kier alpha value is -0.0105. The van der Waals surface area contributed by atoms with Gasteiger partial charge in [0.25, 0.3) is 0 Å². The number of carboxylic acid groups (broad SMARTS) is 1. The molecule has 0 spiro atoms. The van der Waals surface area contributed by atoms with E-state index >= 15 is 0 Å². The van der Waals surface area contributed by atoms with Crippen molar-refractivity contribution in [3.05, 3.63) is 0 Å². The molecule has 0 N–H and O–H groups in total. The molecule has 0 saturated heterocycles. The smallest absolute Gasteiger partial charge is 0.550 e. The van der Waals surface area contributed by atoms with Crippen molar-refractivity contribution in [2.24, 2.45) is 0 Å². The van der Waals surface area contributed by atoms with Crippen molar-refractivity contribution in [2.75, 3.05) is 0 Å². The summed E-state index contributed by atoms with van der Waals surface area (Å²) < 4.78 is 0. The van der Waals surface area contributed by atoms with Crippen LogP contribution >= 0.6 is 0 Å². The fourth-order valence-corrected chi connectivity index (χ4v) is 0. The van der Waals surface area contributed by atoms with Gasteiger partial charge in [-0.05, 0) is 6.92 Å². The molecule has 0 aromatic rings. The van der Waals surface area contributed by atoms with Crippen LogP contribution in [-0.4, -0.2) is 5.97 Å². The van der Waals surface area contributed by atoms with E-state index in [1.165, 1.54) is 0 Å². The maximum atomic E-state index is 8.89. The molecule has 0 aliphatic rings. The first kappa shape index (κ1) is 8.89. The summed E-state index contributed by atoms with van der Waals surface area (Å²) in [4.78, 5) is 8.89. The Balaban J connectivity index is -0.0000000450. The summed E-state index contributed by atoms with van der Waals surface area (Å²) in [5, 5.41) is 8.89. The van der Waals surface area contributed by atoms with Crippen LogP contribution in [0.25, 0.3) is 0 Å². The van der Waals surface area contributed by atoms with Crippen LogP contribution < -0.4 is 5.11 Å². The summed E-state index contributed by atoms with van der Waals surface area (Å²) >= 11 is 0. The molecule has 0 aromatic heterocycles. The van der Waals surface area contributed by atoms with E-state index in [-0.39, 0.29) is 18.5 Å². The maximum absolute atomic E-state index is 8.89. The normalized spacial score (nSPS) is 5.00. The van der Waals surface area contributed by atoms with Gasteiger partial charge in [0.1, 0.15) is 0 Å². The average molecular weight is 125 g/mol. The summed E-state index contributed by atoms with van der Waals surface area (Å²) in [7, 11) is 0. The van der Waals surface area contributed by atoms with Crippen molar-refractivity contribution >= 4 is 5.97 Å². The van der Waals surface area contributed by atoms with Gasteiger partial charge >= 0.3 is 17.1 Å².